The van der Waals surface area contributed by atoms with E-state index in [2.05, 4.69) is 5.32 Å². The van der Waals surface area contributed by atoms with E-state index in [4.69, 9.17) is 4.74 Å². The van der Waals surface area contributed by atoms with Crippen LogP contribution in [0.1, 0.15) is 25.3 Å². The number of likely N-dealkylation sites (tertiary alicyclic amines) is 1. The van der Waals surface area contributed by atoms with Crippen molar-refractivity contribution in [1.82, 2.24) is 10.2 Å². The molecular weight excluding hydrogens is 344 g/mol. The van der Waals surface area contributed by atoms with Gasteiger partial charge in [0.15, 0.2) is 0 Å². The smallest absolute Gasteiger partial charge is 0.287 e. The topological polar surface area (TPSA) is 75.7 Å². The molecule has 3 rings (SSSR count). The molecule has 2 heterocycles. The first-order valence-electron chi connectivity index (χ1n) is 9.82. The molecule has 0 bridgehead atoms. The van der Waals surface area contributed by atoms with Gasteiger partial charge in [0.1, 0.15) is 0 Å². The van der Waals surface area contributed by atoms with Crippen molar-refractivity contribution in [2.24, 2.45) is 17.8 Å². The Hall–Kier alpha value is -2.21. The Labute approximate surface area is 160 Å². The Bertz CT molecular complexity index is 670. The van der Waals surface area contributed by atoms with Crippen molar-refractivity contribution in [2.75, 3.05) is 32.8 Å². The molecule has 2 aliphatic rings. The quantitative estimate of drug-likeness (QED) is 0.735. The number of ketones is 1. The highest BCUT2D eigenvalue weighted by Gasteiger charge is 2.46. The molecule has 0 aliphatic carbocycles. The van der Waals surface area contributed by atoms with Crippen molar-refractivity contribution in [3.8, 4) is 0 Å². The lowest BCUT2D eigenvalue weighted by molar-refractivity contribution is -0.141. The number of carbonyl (C=O) groups is 3. The molecule has 2 fully saturated rings. The first-order valence-corrected chi connectivity index (χ1v) is 9.82. The summed E-state index contributed by atoms with van der Waals surface area (Å²) in [5.74, 6) is -1.71. The minimum atomic E-state index is -0.582. The summed E-state index contributed by atoms with van der Waals surface area (Å²) in [6.07, 6.45) is 2.35. The molecule has 2 atom stereocenters. The number of Topliss-reactive ketones (excluding diaryl/α,β-unsaturated/α-hetero) is 1. The summed E-state index contributed by atoms with van der Waals surface area (Å²) >= 11 is 0. The fraction of sp³-hybridized carbons (Fsp3) is 0.571. The average molecular weight is 372 g/mol. The number of amides is 2. The van der Waals surface area contributed by atoms with Gasteiger partial charge >= 0.3 is 0 Å². The molecule has 0 unspecified atom stereocenters. The number of ether oxygens (including phenoxy) is 1. The first-order chi connectivity index (χ1) is 13.1. The predicted octanol–water partition coefficient (Wildman–Crippen LogP) is 1.44. The number of carbonyl (C=O) groups excluding carboxylic acids is 3. The molecule has 0 radical (unpaired) electrons. The molecule has 0 aromatic heterocycles. The summed E-state index contributed by atoms with van der Waals surface area (Å²) in [6, 6.07) is 9.70. The van der Waals surface area contributed by atoms with Crippen molar-refractivity contribution in [3.63, 3.8) is 0 Å². The van der Waals surface area contributed by atoms with Gasteiger partial charge in [0.2, 0.25) is 11.7 Å². The molecule has 0 spiro atoms. The van der Waals surface area contributed by atoms with E-state index >= 15 is 0 Å². The lowest BCUT2D eigenvalue weighted by Crippen LogP contribution is -2.39. The first kappa shape index (κ1) is 19.5. The highest BCUT2D eigenvalue weighted by atomic mass is 16.5. The third kappa shape index (κ3) is 4.75. The van der Waals surface area contributed by atoms with Gasteiger partial charge in [0.25, 0.3) is 5.91 Å². The van der Waals surface area contributed by atoms with Gasteiger partial charge in [-0.1, -0.05) is 30.3 Å². The summed E-state index contributed by atoms with van der Waals surface area (Å²) in [7, 11) is 0. The molecule has 6 heteroatoms. The molecule has 2 aliphatic heterocycles. The van der Waals surface area contributed by atoms with E-state index in [1.807, 2.05) is 30.3 Å². The Morgan fingerprint density at radius 3 is 2.56 bits per heavy atom. The summed E-state index contributed by atoms with van der Waals surface area (Å²) < 4.78 is 5.40. The zero-order valence-corrected chi connectivity index (χ0v) is 15.9. The number of nitrogens with one attached hydrogen (secondary N) is 1. The molecule has 0 saturated carbocycles. The summed E-state index contributed by atoms with van der Waals surface area (Å²) in [5.41, 5.74) is 1.01. The van der Waals surface area contributed by atoms with Gasteiger partial charge in [-0.3, -0.25) is 14.4 Å². The third-order valence-electron chi connectivity index (χ3n) is 5.55. The average Bonchev–Trinajstić information content (AvgIpc) is 2.99. The van der Waals surface area contributed by atoms with Crippen LogP contribution < -0.4 is 5.32 Å². The van der Waals surface area contributed by atoms with Crippen LogP contribution in [-0.4, -0.2) is 55.3 Å². The van der Waals surface area contributed by atoms with E-state index in [0.29, 0.717) is 32.0 Å². The van der Waals surface area contributed by atoms with E-state index in [-0.39, 0.29) is 5.91 Å². The van der Waals surface area contributed by atoms with Gasteiger partial charge in [-0.25, -0.2) is 0 Å². The minimum Gasteiger partial charge on any atom is -0.381 e. The van der Waals surface area contributed by atoms with Crippen LogP contribution in [0.4, 0.5) is 0 Å². The summed E-state index contributed by atoms with van der Waals surface area (Å²) in [6.45, 7) is 4.61. The molecule has 2 amide bonds. The van der Waals surface area contributed by atoms with Crippen molar-refractivity contribution in [3.05, 3.63) is 35.9 Å². The summed E-state index contributed by atoms with van der Waals surface area (Å²) in [5, 5.41) is 2.58. The molecular formula is C21H28N2O4. The normalized spacial score (nSPS) is 23.4. The number of hydrogen-bond acceptors (Lipinski definition) is 4. The van der Waals surface area contributed by atoms with Gasteiger partial charge in [-0.15, -0.1) is 0 Å². The summed E-state index contributed by atoms with van der Waals surface area (Å²) in [4.78, 5) is 39.7. The van der Waals surface area contributed by atoms with Crippen LogP contribution in [0.5, 0.6) is 0 Å². The van der Waals surface area contributed by atoms with Crippen molar-refractivity contribution in [1.29, 1.82) is 0 Å². The highest BCUT2D eigenvalue weighted by Crippen LogP contribution is 2.31. The highest BCUT2D eigenvalue weighted by molar-refractivity contribution is 6.37. The molecule has 6 nitrogen and oxygen atoms in total. The SMILES string of the molecule is CCNC(=O)C(=O)[C@H]1CN(CC2CCOCC2)C(=O)[C@@H]1Cc1ccccc1. The zero-order chi connectivity index (χ0) is 19.2. The largest absolute Gasteiger partial charge is 0.381 e. The van der Waals surface area contributed by atoms with Gasteiger partial charge < -0.3 is 15.0 Å². The monoisotopic (exact) mass is 372 g/mol. The fourth-order valence-corrected chi connectivity index (χ4v) is 4.05. The molecule has 146 valence electrons. The number of benzene rings is 1. The Morgan fingerprint density at radius 1 is 1.19 bits per heavy atom. The van der Waals surface area contributed by atoms with Crippen molar-refractivity contribution in [2.45, 2.75) is 26.2 Å². The van der Waals surface area contributed by atoms with Crippen LogP contribution >= 0.6 is 0 Å². The van der Waals surface area contributed by atoms with Gasteiger partial charge in [0, 0.05) is 32.8 Å². The zero-order valence-electron chi connectivity index (χ0n) is 15.9. The van der Waals surface area contributed by atoms with Crippen LogP contribution in [0.25, 0.3) is 0 Å². The number of rotatable bonds is 7. The molecule has 1 N–H and O–H groups in total. The Balaban J connectivity index is 1.75. The molecule has 2 saturated heterocycles. The molecule has 27 heavy (non-hydrogen) atoms. The predicted molar refractivity (Wildman–Crippen MR) is 101 cm³/mol. The number of likely N-dealkylation sites (N-methyl/N-ethyl adjacent to an activating group) is 1. The maximum atomic E-state index is 13.1. The van der Waals surface area contributed by atoms with Gasteiger partial charge in [-0.05, 0) is 37.7 Å². The molecule has 1 aromatic rings. The second kappa shape index (κ2) is 9.13. The Kier molecular flexibility index (Phi) is 6.61. The third-order valence-corrected chi connectivity index (χ3v) is 5.55. The van der Waals surface area contributed by atoms with E-state index < -0.39 is 23.5 Å². The number of hydrogen-bond donors (Lipinski definition) is 1. The minimum absolute atomic E-state index is 0.00649. The van der Waals surface area contributed by atoms with Gasteiger partial charge in [-0.2, -0.15) is 0 Å². The van der Waals surface area contributed by atoms with Crippen LogP contribution in [0.15, 0.2) is 30.3 Å². The second-order valence-corrected chi connectivity index (χ2v) is 7.43. The van der Waals surface area contributed by atoms with E-state index in [1.165, 1.54) is 0 Å². The fourth-order valence-electron chi connectivity index (χ4n) is 4.05. The standard InChI is InChI=1S/C21H28N2O4/c1-2-22-20(25)19(24)18-14-23(13-16-8-10-27-11-9-16)21(26)17(18)12-15-6-4-3-5-7-15/h3-7,16-18H,2,8-14H2,1H3,(H,22,25)/t17-,18+/m1/s1. The van der Waals surface area contributed by atoms with Crippen LogP contribution in [0, 0.1) is 17.8 Å². The van der Waals surface area contributed by atoms with Crippen LogP contribution in [-0.2, 0) is 25.5 Å². The number of nitrogens with zero attached hydrogens (tertiary/aromatic N) is 1. The van der Waals surface area contributed by atoms with Crippen LogP contribution in [0.3, 0.4) is 0 Å². The maximum absolute atomic E-state index is 13.1. The lowest BCUT2D eigenvalue weighted by atomic mass is 9.86. The maximum Gasteiger partial charge on any atom is 0.287 e. The van der Waals surface area contributed by atoms with E-state index in [9.17, 15) is 14.4 Å². The lowest BCUT2D eigenvalue weighted by Gasteiger charge is -2.27. The van der Waals surface area contributed by atoms with Crippen molar-refractivity contribution >= 4 is 17.6 Å². The second-order valence-electron chi connectivity index (χ2n) is 7.43. The van der Waals surface area contributed by atoms with Gasteiger partial charge in [0.05, 0.1) is 11.8 Å². The Morgan fingerprint density at radius 2 is 1.89 bits per heavy atom. The van der Waals surface area contributed by atoms with E-state index in [0.717, 1.165) is 31.6 Å². The van der Waals surface area contributed by atoms with Crippen LogP contribution in [0.2, 0.25) is 0 Å². The van der Waals surface area contributed by atoms with E-state index in [1.54, 1.807) is 11.8 Å². The molecule has 1 aromatic carbocycles. The van der Waals surface area contributed by atoms with Crippen molar-refractivity contribution < 1.29 is 19.1 Å².